The largest absolute Gasteiger partial charge is 0.461 e. The van der Waals surface area contributed by atoms with Gasteiger partial charge in [0.15, 0.2) is 11.6 Å². The van der Waals surface area contributed by atoms with Crippen LogP contribution in [-0.2, 0) is 18.0 Å². The standard InChI is InChI=1S/C33H33F3N8O2S/c1-42-11-17-3-4-18(12-42)44(17)31-25-21-14-45-13-20(21)23(27-24-19(8-37)30(38)47-29(24)22(35)9-39-27)26(36)28(25)40-32(41-31)46-15-33-5-2-6-43(33)10-16(34)7-33/h9,16-18H,2-7,10-15,38H2,1H3/t16-,17?,18?,33-/m1/s1. The van der Waals surface area contributed by atoms with Crippen molar-refractivity contribution in [1.29, 1.82) is 5.26 Å². The second-order valence-corrected chi connectivity index (χ2v) is 14.7. The molecule has 47 heavy (non-hydrogen) atoms. The van der Waals surface area contributed by atoms with E-state index in [-0.39, 0.29) is 75.3 Å². The number of fused-ring (bicyclic) bond motifs is 7. The highest BCUT2D eigenvalue weighted by Gasteiger charge is 2.50. The minimum absolute atomic E-state index is 0.0350. The molecule has 0 radical (unpaired) electrons. The van der Waals surface area contributed by atoms with Crippen LogP contribution in [0.4, 0.5) is 24.0 Å². The molecule has 9 rings (SSSR count). The van der Waals surface area contributed by atoms with Gasteiger partial charge in [-0.3, -0.25) is 9.88 Å². The van der Waals surface area contributed by atoms with E-state index in [1.807, 2.05) is 0 Å². The third-order valence-electron chi connectivity index (χ3n) is 10.9. The number of thiophene rings is 1. The van der Waals surface area contributed by atoms with Gasteiger partial charge in [0.1, 0.15) is 35.2 Å². The first kappa shape index (κ1) is 29.4. The predicted molar refractivity (Wildman–Crippen MR) is 171 cm³/mol. The molecule has 2 unspecified atom stereocenters. The number of anilines is 2. The normalized spacial score (nSPS) is 27.2. The lowest BCUT2D eigenvalue weighted by atomic mass is 9.93. The minimum atomic E-state index is -0.917. The zero-order valence-electron chi connectivity index (χ0n) is 25.9. The number of nitriles is 1. The molecule has 5 aliphatic heterocycles. The van der Waals surface area contributed by atoms with Crippen LogP contribution in [0.25, 0.3) is 32.2 Å². The van der Waals surface area contributed by atoms with Crippen LogP contribution in [0.1, 0.15) is 48.8 Å². The first-order valence-corrected chi connectivity index (χ1v) is 17.0. The molecule has 0 saturated carbocycles. The number of piperazine rings is 1. The molecule has 5 aliphatic rings. The lowest BCUT2D eigenvalue weighted by molar-refractivity contribution is 0.107. The van der Waals surface area contributed by atoms with Crippen LogP contribution in [-0.4, -0.2) is 88.4 Å². The van der Waals surface area contributed by atoms with Gasteiger partial charge in [-0.25, -0.2) is 13.2 Å². The van der Waals surface area contributed by atoms with Crippen molar-refractivity contribution in [2.24, 2.45) is 0 Å². The van der Waals surface area contributed by atoms with Gasteiger partial charge >= 0.3 is 6.01 Å². The third-order valence-corrected chi connectivity index (χ3v) is 12.0. The van der Waals surface area contributed by atoms with Gasteiger partial charge in [0.2, 0.25) is 0 Å². The molecule has 244 valence electrons. The number of nitrogens with two attached hydrogens (primary N) is 1. The Morgan fingerprint density at radius 1 is 1.15 bits per heavy atom. The Balaban J connectivity index is 1.27. The number of likely N-dealkylation sites (N-methyl/N-ethyl adjacent to an activating group) is 1. The molecule has 4 saturated heterocycles. The van der Waals surface area contributed by atoms with Gasteiger partial charge in [0.25, 0.3) is 0 Å². The molecule has 0 amide bonds. The molecule has 10 nitrogen and oxygen atoms in total. The maximum absolute atomic E-state index is 17.4. The van der Waals surface area contributed by atoms with Gasteiger partial charge in [0.05, 0.1) is 46.3 Å². The van der Waals surface area contributed by atoms with E-state index in [1.165, 1.54) is 0 Å². The van der Waals surface area contributed by atoms with E-state index in [9.17, 15) is 14.0 Å². The summed E-state index contributed by atoms with van der Waals surface area (Å²) in [5.41, 5.74) is 7.35. The molecule has 8 heterocycles. The highest BCUT2D eigenvalue weighted by atomic mass is 32.1. The highest BCUT2D eigenvalue weighted by Crippen LogP contribution is 2.48. The monoisotopic (exact) mass is 662 g/mol. The Labute approximate surface area is 272 Å². The van der Waals surface area contributed by atoms with Crippen LogP contribution < -0.4 is 15.4 Å². The summed E-state index contributed by atoms with van der Waals surface area (Å²) in [5.74, 6) is -0.689. The Bertz CT molecular complexity index is 2000. The zero-order chi connectivity index (χ0) is 32.2. The summed E-state index contributed by atoms with van der Waals surface area (Å²) in [6.45, 7) is 3.42. The summed E-state index contributed by atoms with van der Waals surface area (Å²) in [5, 5.41) is 10.8. The SMILES string of the molecule is CN1CC2CCC(C1)N2c1nc(OC[C@]23CCCN2C[C@H](F)C3)nc2c(F)c(-c3ncc(F)c4sc(N)c(C#N)c34)c3c(c12)COC3. The molecular formula is C33H33F3N8O2S. The molecule has 4 aromatic rings. The molecule has 0 spiro atoms. The van der Waals surface area contributed by atoms with Crippen molar-refractivity contribution < 1.29 is 22.6 Å². The van der Waals surface area contributed by atoms with Crippen molar-refractivity contribution in [3.05, 3.63) is 34.5 Å². The summed E-state index contributed by atoms with van der Waals surface area (Å²) < 4.78 is 59.4. The lowest BCUT2D eigenvalue weighted by Crippen LogP contribution is -2.53. The first-order chi connectivity index (χ1) is 22.8. The van der Waals surface area contributed by atoms with E-state index in [1.54, 1.807) is 0 Å². The maximum atomic E-state index is 17.4. The van der Waals surface area contributed by atoms with Gasteiger partial charge in [-0.2, -0.15) is 15.2 Å². The van der Waals surface area contributed by atoms with E-state index in [4.69, 9.17) is 25.2 Å². The first-order valence-electron chi connectivity index (χ1n) is 16.1. The highest BCUT2D eigenvalue weighted by molar-refractivity contribution is 7.23. The number of pyridine rings is 1. The van der Waals surface area contributed by atoms with Crippen molar-refractivity contribution in [3.63, 3.8) is 0 Å². The van der Waals surface area contributed by atoms with Gasteiger partial charge in [-0.1, -0.05) is 0 Å². The number of aromatic nitrogens is 3. The molecule has 0 aliphatic carbocycles. The van der Waals surface area contributed by atoms with E-state index in [2.05, 4.69) is 32.8 Å². The molecule has 14 heteroatoms. The van der Waals surface area contributed by atoms with Crippen LogP contribution in [0, 0.1) is 23.0 Å². The van der Waals surface area contributed by atoms with Crippen LogP contribution >= 0.6 is 11.3 Å². The zero-order valence-corrected chi connectivity index (χ0v) is 26.7. The van der Waals surface area contributed by atoms with E-state index in [0.29, 0.717) is 29.7 Å². The quantitative estimate of drug-likeness (QED) is 0.316. The molecule has 4 fully saturated rings. The van der Waals surface area contributed by atoms with Crippen molar-refractivity contribution in [2.45, 2.75) is 69.1 Å². The number of ether oxygens (including phenoxy) is 2. The fourth-order valence-electron chi connectivity index (χ4n) is 8.99. The number of benzene rings is 1. The Kier molecular flexibility index (Phi) is 6.64. The number of hydrogen-bond acceptors (Lipinski definition) is 11. The van der Waals surface area contributed by atoms with Crippen molar-refractivity contribution in [1.82, 2.24) is 24.8 Å². The Morgan fingerprint density at radius 2 is 1.94 bits per heavy atom. The smallest absolute Gasteiger partial charge is 0.319 e. The van der Waals surface area contributed by atoms with Crippen molar-refractivity contribution in [2.75, 3.05) is 50.5 Å². The molecule has 3 aromatic heterocycles. The maximum Gasteiger partial charge on any atom is 0.319 e. The Hall–Kier alpha value is -3.77. The second-order valence-electron chi connectivity index (χ2n) is 13.7. The third kappa shape index (κ3) is 4.29. The molecule has 4 atom stereocenters. The average molecular weight is 663 g/mol. The summed E-state index contributed by atoms with van der Waals surface area (Å²) in [7, 11) is 2.11. The van der Waals surface area contributed by atoms with E-state index < -0.39 is 23.3 Å². The summed E-state index contributed by atoms with van der Waals surface area (Å²) >= 11 is 0.938. The van der Waals surface area contributed by atoms with Gasteiger partial charge in [-0.15, -0.1) is 11.3 Å². The predicted octanol–water partition coefficient (Wildman–Crippen LogP) is 4.91. The topological polar surface area (TPSA) is 117 Å². The van der Waals surface area contributed by atoms with E-state index in [0.717, 1.165) is 68.4 Å². The van der Waals surface area contributed by atoms with E-state index >= 15 is 4.39 Å². The number of halogens is 3. The fourth-order valence-corrected chi connectivity index (χ4v) is 9.91. The summed E-state index contributed by atoms with van der Waals surface area (Å²) in [6, 6.07) is 2.46. The second kappa shape index (κ2) is 10.6. The van der Waals surface area contributed by atoms with Crippen molar-refractivity contribution >= 4 is 43.1 Å². The van der Waals surface area contributed by atoms with Crippen molar-refractivity contribution in [3.8, 4) is 23.3 Å². The molecule has 2 bridgehead atoms. The summed E-state index contributed by atoms with van der Waals surface area (Å²) in [6.07, 6.45) is 4.26. The van der Waals surface area contributed by atoms with Gasteiger partial charge in [0, 0.05) is 49.1 Å². The van der Waals surface area contributed by atoms with Crippen LogP contribution in [0.15, 0.2) is 6.20 Å². The van der Waals surface area contributed by atoms with Gasteiger partial charge in [-0.05, 0) is 50.4 Å². The lowest BCUT2D eigenvalue weighted by Gasteiger charge is -2.41. The number of likely N-dealkylation sites (tertiary alicyclic amines) is 1. The molecular weight excluding hydrogens is 629 g/mol. The van der Waals surface area contributed by atoms with Crippen LogP contribution in [0.5, 0.6) is 6.01 Å². The number of rotatable bonds is 5. The molecule has 1 aromatic carbocycles. The number of alkyl halides is 1. The number of nitrogens with zero attached hydrogens (tertiary/aromatic N) is 7. The van der Waals surface area contributed by atoms with Crippen LogP contribution in [0.2, 0.25) is 0 Å². The Morgan fingerprint density at radius 3 is 2.72 bits per heavy atom. The van der Waals surface area contributed by atoms with Gasteiger partial charge < -0.3 is 25.0 Å². The fraction of sp³-hybridized carbons (Fsp3) is 0.515. The van der Waals surface area contributed by atoms with Crippen LogP contribution in [0.3, 0.4) is 0 Å². The number of hydrogen-bond donors (Lipinski definition) is 1. The average Bonchev–Trinajstić information content (AvgIpc) is 3.85. The molecule has 2 N–H and O–H groups in total. The summed E-state index contributed by atoms with van der Waals surface area (Å²) in [4.78, 5) is 20.9. The minimum Gasteiger partial charge on any atom is -0.461 e. The number of nitrogen functional groups attached to an aromatic ring is 1.